The van der Waals surface area contributed by atoms with Gasteiger partial charge in [-0.15, -0.1) is 0 Å². The molecule has 0 unspecified atom stereocenters. The van der Waals surface area contributed by atoms with E-state index >= 15 is 0 Å². The van der Waals surface area contributed by atoms with Crippen molar-refractivity contribution in [3.05, 3.63) is 0 Å². The quantitative estimate of drug-likeness (QED) is 0.575. The van der Waals surface area contributed by atoms with Crippen LogP contribution in [0.4, 0.5) is 0 Å². The van der Waals surface area contributed by atoms with Crippen molar-refractivity contribution in [1.29, 1.82) is 0 Å². The Morgan fingerprint density at radius 2 is 2.18 bits per heavy atom. The van der Waals surface area contributed by atoms with Gasteiger partial charge < -0.3 is 10.8 Å². The van der Waals surface area contributed by atoms with Gasteiger partial charge in [0.1, 0.15) is 0 Å². The highest BCUT2D eigenvalue weighted by Crippen LogP contribution is 2.03. The fourth-order valence-electron chi connectivity index (χ4n) is 0.887. The van der Waals surface area contributed by atoms with Gasteiger partial charge in [-0.25, -0.2) is 0 Å². The molecule has 0 radical (unpaired) electrons. The Hall–Kier alpha value is -0.570. The van der Waals surface area contributed by atoms with Gasteiger partial charge in [-0.05, 0) is 19.3 Å². The van der Waals surface area contributed by atoms with Gasteiger partial charge >= 0.3 is 5.97 Å². The summed E-state index contributed by atoms with van der Waals surface area (Å²) in [5.41, 5.74) is 5.64. The average molecular weight is 159 g/mol. The summed E-state index contributed by atoms with van der Waals surface area (Å²) in [6, 6.07) is 0.254. The van der Waals surface area contributed by atoms with Crippen molar-refractivity contribution in [3.63, 3.8) is 0 Å². The van der Waals surface area contributed by atoms with Crippen molar-refractivity contribution >= 4 is 5.97 Å². The Labute approximate surface area is 67.6 Å². The van der Waals surface area contributed by atoms with Crippen LogP contribution in [0, 0.1) is 0 Å². The van der Waals surface area contributed by atoms with Gasteiger partial charge in [-0.2, -0.15) is 0 Å². The van der Waals surface area contributed by atoms with E-state index in [4.69, 9.17) is 10.8 Å². The molecule has 11 heavy (non-hydrogen) atoms. The highest BCUT2D eigenvalue weighted by molar-refractivity contribution is 5.66. The number of carboxylic acids is 1. The maximum atomic E-state index is 10.1. The van der Waals surface area contributed by atoms with Gasteiger partial charge in [0, 0.05) is 12.5 Å². The number of carbonyl (C=O) groups is 1. The molecule has 0 fully saturated rings. The van der Waals surface area contributed by atoms with E-state index in [1.165, 1.54) is 0 Å². The van der Waals surface area contributed by atoms with E-state index in [2.05, 4.69) is 0 Å². The normalized spacial score (nSPS) is 12.9. The molecule has 3 nitrogen and oxygen atoms in total. The molecular weight excluding hydrogens is 142 g/mol. The SMILES string of the molecule is CC[C@H](N)CCCCC(=O)O. The molecule has 0 aliphatic heterocycles. The van der Waals surface area contributed by atoms with Gasteiger partial charge in [-0.1, -0.05) is 13.3 Å². The first-order chi connectivity index (χ1) is 5.16. The molecule has 0 saturated heterocycles. The first-order valence-electron chi connectivity index (χ1n) is 4.14. The summed E-state index contributed by atoms with van der Waals surface area (Å²) >= 11 is 0. The fraction of sp³-hybridized carbons (Fsp3) is 0.875. The summed E-state index contributed by atoms with van der Waals surface area (Å²) in [6.45, 7) is 2.04. The minimum atomic E-state index is -0.713. The van der Waals surface area contributed by atoms with Crippen LogP contribution in [0.5, 0.6) is 0 Å². The standard InChI is InChI=1S/C8H17NO2/c1-2-7(9)5-3-4-6-8(10)11/h7H,2-6,9H2,1H3,(H,10,11)/t7-/m0/s1. The molecule has 0 aliphatic carbocycles. The molecule has 0 rings (SSSR count). The Morgan fingerprint density at radius 3 is 2.64 bits per heavy atom. The molecule has 0 heterocycles. The zero-order valence-electron chi connectivity index (χ0n) is 7.05. The van der Waals surface area contributed by atoms with E-state index in [9.17, 15) is 4.79 Å². The Morgan fingerprint density at radius 1 is 1.55 bits per heavy atom. The number of carboxylic acid groups (broad SMARTS) is 1. The second-order valence-corrected chi connectivity index (χ2v) is 2.81. The highest BCUT2D eigenvalue weighted by atomic mass is 16.4. The van der Waals surface area contributed by atoms with Crippen LogP contribution in [0.25, 0.3) is 0 Å². The van der Waals surface area contributed by atoms with E-state index in [-0.39, 0.29) is 12.5 Å². The third-order valence-electron chi connectivity index (χ3n) is 1.74. The average Bonchev–Trinajstić information content (AvgIpc) is 1.97. The number of unbranched alkanes of at least 4 members (excludes halogenated alkanes) is 1. The van der Waals surface area contributed by atoms with Crippen LogP contribution in [0.15, 0.2) is 0 Å². The van der Waals surface area contributed by atoms with Crippen LogP contribution >= 0.6 is 0 Å². The van der Waals surface area contributed by atoms with Gasteiger partial charge in [-0.3, -0.25) is 4.79 Å². The van der Waals surface area contributed by atoms with Crippen LogP contribution in [0.2, 0.25) is 0 Å². The predicted molar refractivity (Wildman–Crippen MR) is 44.4 cm³/mol. The van der Waals surface area contributed by atoms with Crippen molar-refractivity contribution in [2.75, 3.05) is 0 Å². The van der Waals surface area contributed by atoms with E-state index in [0.717, 1.165) is 25.7 Å². The first-order valence-corrected chi connectivity index (χ1v) is 4.14. The summed E-state index contributed by atoms with van der Waals surface area (Å²) in [4.78, 5) is 10.1. The zero-order valence-corrected chi connectivity index (χ0v) is 7.05. The molecule has 0 aromatic carbocycles. The largest absolute Gasteiger partial charge is 0.481 e. The zero-order chi connectivity index (χ0) is 8.69. The second-order valence-electron chi connectivity index (χ2n) is 2.81. The predicted octanol–water partition coefficient (Wildman–Crippen LogP) is 1.37. The maximum Gasteiger partial charge on any atom is 0.303 e. The number of nitrogens with two attached hydrogens (primary N) is 1. The molecule has 0 amide bonds. The van der Waals surface area contributed by atoms with Gasteiger partial charge in [0.05, 0.1) is 0 Å². The lowest BCUT2D eigenvalue weighted by Gasteiger charge is -2.06. The van der Waals surface area contributed by atoms with Crippen LogP contribution in [0.1, 0.15) is 39.0 Å². The van der Waals surface area contributed by atoms with Crippen LogP contribution in [0.3, 0.4) is 0 Å². The van der Waals surface area contributed by atoms with Crippen molar-refractivity contribution in [3.8, 4) is 0 Å². The summed E-state index contributed by atoms with van der Waals surface area (Å²) in [5, 5.41) is 8.30. The fourth-order valence-corrected chi connectivity index (χ4v) is 0.887. The summed E-state index contributed by atoms with van der Waals surface area (Å²) in [5.74, 6) is -0.713. The molecule has 0 bridgehead atoms. The lowest BCUT2D eigenvalue weighted by Crippen LogP contribution is -2.18. The molecule has 3 heteroatoms. The van der Waals surface area contributed by atoms with Gasteiger partial charge in [0.15, 0.2) is 0 Å². The topological polar surface area (TPSA) is 63.3 Å². The van der Waals surface area contributed by atoms with Gasteiger partial charge in [0.25, 0.3) is 0 Å². The van der Waals surface area contributed by atoms with Crippen molar-refractivity contribution in [2.24, 2.45) is 5.73 Å². The van der Waals surface area contributed by atoms with Crippen LogP contribution in [-0.4, -0.2) is 17.1 Å². The van der Waals surface area contributed by atoms with Crippen LogP contribution < -0.4 is 5.73 Å². The lowest BCUT2D eigenvalue weighted by atomic mass is 10.1. The van der Waals surface area contributed by atoms with E-state index < -0.39 is 5.97 Å². The smallest absolute Gasteiger partial charge is 0.303 e. The van der Waals surface area contributed by atoms with Crippen molar-refractivity contribution < 1.29 is 9.90 Å². The minimum absolute atomic E-state index is 0.254. The number of rotatable bonds is 6. The molecule has 0 aliphatic rings. The summed E-state index contributed by atoms with van der Waals surface area (Å²) < 4.78 is 0. The Bertz CT molecular complexity index is 115. The molecule has 0 spiro atoms. The first kappa shape index (κ1) is 10.4. The van der Waals surface area contributed by atoms with E-state index in [0.29, 0.717) is 0 Å². The molecule has 0 aromatic heterocycles. The molecule has 3 N–H and O–H groups in total. The number of hydrogen-bond donors (Lipinski definition) is 2. The van der Waals surface area contributed by atoms with Crippen LogP contribution in [-0.2, 0) is 4.79 Å². The molecule has 1 atom stereocenters. The summed E-state index contributed by atoms with van der Waals surface area (Å²) in [6.07, 6.45) is 3.89. The number of hydrogen-bond acceptors (Lipinski definition) is 2. The third-order valence-corrected chi connectivity index (χ3v) is 1.74. The minimum Gasteiger partial charge on any atom is -0.481 e. The maximum absolute atomic E-state index is 10.1. The third kappa shape index (κ3) is 7.33. The molecule has 0 saturated carbocycles. The molecule has 0 aromatic rings. The van der Waals surface area contributed by atoms with Crippen molar-refractivity contribution in [2.45, 2.75) is 45.1 Å². The van der Waals surface area contributed by atoms with E-state index in [1.54, 1.807) is 0 Å². The van der Waals surface area contributed by atoms with Crippen molar-refractivity contribution in [1.82, 2.24) is 0 Å². The Balaban J connectivity index is 3.08. The highest BCUT2D eigenvalue weighted by Gasteiger charge is 2.00. The molecular formula is C8H17NO2. The monoisotopic (exact) mass is 159 g/mol. The molecule has 66 valence electrons. The van der Waals surface area contributed by atoms with E-state index in [1.807, 2.05) is 6.92 Å². The van der Waals surface area contributed by atoms with Gasteiger partial charge in [0.2, 0.25) is 0 Å². The number of aliphatic carboxylic acids is 1. The summed E-state index contributed by atoms with van der Waals surface area (Å²) in [7, 11) is 0. The lowest BCUT2D eigenvalue weighted by molar-refractivity contribution is -0.137. The second kappa shape index (κ2) is 6.16. The Kier molecular flexibility index (Phi) is 5.84.